The van der Waals surface area contributed by atoms with Crippen LogP contribution in [0.3, 0.4) is 0 Å². The van der Waals surface area contributed by atoms with Crippen LogP contribution in [0.4, 0.5) is 5.69 Å². The highest BCUT2D eigenvalue weighted by Gasteiger charge is 2.09. The molecule has 5 heteroatoms. The van der Waals surface area contributed by atoms with Gasteiger partial charge >= 0.3 is 0 Å². The van der Waals surface area contributed by atoms with Crippen molar-refractivity contribution in [3.05, 3.63) is 56.5 Å². The minimum Gasteiger partial charge on any atom is -0.495 e. The van der Waals surface area contributed by atoms with Gasteiger partial charge in [-0.15, -0.1) is 0 Å². The van der Waals surface area contributed by atoms with Crippen molar-refractivity contribution in [2.45, 2.75) is 13.0 Å². The van der Waals surface area contributed by atoms with Crippen molar-refractivity contribution >= 4 is 37.5 Å². The molecule has 0 aliphatic carbocycles. The van der Waals surface area contributed by atoms with Gasteiger partial charge < -0.3 is 10.1 Å². The predicted molar refractivity (Wildman–Crippen MR) is 91.5 cm³/mol. The van der Waals surface area contributed by atoms with Crippen molar-refractivity contribution in [2.24, 2.45) is 0 Å². The van der Waals surface area contributed by atoms with Crippen LogP contribution in [-0.2, 0) is 13.0 Å². The van der Waals surface area contributed by atoms with Gasteiger partial charge in [-0.1, -0.05) is 28.1 Å². The third-order valence-corrected chi connectivity index (χ3v) is 4.06. The van der Waals surface area contributed by atoms with E-state index in [4.69, 9.17) is 10.00 Å². The van der Waals surface area contributed by atoms with E-state index in [1.54, 1.807) is 7.11 Å². The molecule has 0 heterocycles. The van der Waals surface area contributed by atoms with E-state index in [-0.39, 0.29) is 0 Å². The van der Waals surface area contributed by atoms with E-state index < -0.39 is 0 Å². The van der Waals surface area contributed by atoms with Gasteiger partial charge in [0.2, 0.25) is 0 Å². The molecule has 0 aliphatic heterocycles. The van der Waals surface area contributed by atoms with E-state index in [9.17, 15) is 0 Å². The Morgan fingerprint density at radius 2 is 1.90 bits per heavy atom. The number of hydrogen-bond donors (Lipinski definition) is 1. The topological polar surface area (TPSA) is 45.0 Å². The van der Waals surface area contributed by atoms with Gasteiger partial charge in [-0.25, -0.2) is 0 Å². The van der Waals surface area contributed by atoms with Gasteiger partial charge in [0, 0.05) is 22.3 Å². The second kappa shape index (κ2) is 7.48. The minimum atomic E-state index is 0.437. The predicted octanol–water partition coefficient (Wildman–Crippen LogP) is 4.90. The van der Waals surface area contributed by atoms with E-state index in [2.05, 4.69) is 43.2 Å². The Morgan fingerprint density at radius 3 is 2.52 bits per heavy atom. The van der Waals surface area contributed by atoms with Crippen molar-refractivity contribution in [1.82, 2.24) is 0 Å². The fourth-order valence-corrected chi connectivity index (χ4v) is 3.48. The molecule has 2 rings (SSSR count). The zero-order valence-electron chi connectivity index (χ0n) is 11.5. The Labute approximate surface area is 141 Å². The van der Waals surface area contributed by atoms with Crippen molar-refractivity contribution in [3.8, 4) is 11.8 Å². The zero-order valence-corrected chi connectivity index (χ0v) is 14.7. The van der Waals surface area contributed by atoms with Gasteiger partial charge in [-0.3, -0.25) is 0 Å². The molecular weight excluding hydrogens is 396 g/mol. The Morgan fingerprint density at radius 1 is 1.19 bits per heavy atom. The molecule has 0 unspecified atom stereocenters. The van der Waals surface area contributed by atoms with Crippen LogP contribution in [0.5, 0.6) is 5.75 Å². The molecule has 0 bridgehead atoms. The summed E-state index contributed by atoms with van der Waals surface area (Å²) in [4.78, 5) is 0. The molecule has 0 fully saturated rings. The highest BCUT2D eigenvalue weighted by atomic mass is 79.9. The van der Waals surface area contributed by atoms with Crippen LogP contribution in [0, 0.1) is 11.3 Å². The van der Waals surface area contributed by atoms with Gasteiger partial charge in [0.05, 0.1) is 24.1 Å². The highest BCUT2D eigenvalue weighted by Crippen LogP contribution is 2.33. The Hall–Kier alpha value is -1.51. The maximum absolute atomic E-state index is 8.66. The van der Waals surface area contributed by atoms with Gasteiger partial charge in [-0.05, 0) is 45.8 Å². The van der Waals surface area contributed by atoms with Crippen LogP contribution in [0.15, 0.2) is 45.3 Å². The zero-order chi connectivity index (χ0) is 15.2. The number of ether oxygens (including phenoxy) is 1. The monoisotopic (exact) mass is 408 g/mol. The summed E-state index contributed by atoms with van der Waals surface area (Å²) in [5, 5.41) is 12.0. The number of methoxy groups -OCH3 is 1. The summed E-state index contributed by atoms with van der Waals surface area (Å²) >= 11 is 6.98. The fraction of sp³-hybridized carbons (Fsp3) is 0.188. The molecular formula is C16H14Br2N2O. The number of halogens is 2. The summed E-state index contributed by atoms with van der Waals surface area (Å²) in [6.45, 7) is 0.652. The molecule has 0 saturated heterocycles. The van der Waals surface area contributed by atoms with Crippen LogP contribution in [0.25, 0.3) is 0 Å². The summed E-state index contributed by atoms with van der Waals surface area (Å²) in [7, 11) is 1.66. The molecule has 0 spiro atoms. The largest absolute Gasteiger partial charge is 0.495 e. The second-order valence-corrected chi connectivity index (χ2v) is 6.24. The van der Waals surface area contributed by atoms with Crippen LogP contribution >= 0.6 is 31.9 Å². The van der Waals surface area contributed by atoms with Crippen molar-refractivity contribution in [2.75, 3.05) is 12.4 Å². The minimum absolute atomic E-state index is 0.437. The maximum atomic E-state index is 8.66. The highest BCUT2D eigenvalue weighted by molar-refractivity contribution is 9.11. The van der Waals surface area contributed by atoms with E-state index in [0.717, 1.165) is 31.5 Å². The molecule has 0 aliphatic rings. The normalized spacial score (nSPS) is 10.0. The number of hydrogen-bond acceptors (Lipinski definition) is 3. The molecule has 3 nitrogen and oxygen atoms in total. The Balaban J connectivity index is 2.11. The molecule has 2 aromatic carbocycles. The molecule has 0 saturated carbocycles. The summed E-state index contributed by atoms with van der Waals surface area (Å²) in [5.41, 5.74) is 3.08. The summed E-state index contributed by atoms with van der Waals surface area (Å²) in [6, 6.07) is 14.0. The average Bonchev–Trinajstić information content (AvgIpc) is 2.46. The number of nitrogens with zero attached hydrogens (tertiary/aromatic N) is 1. The van der Waals surface area contributed by atoms with Gasteiger partial charge in [0.15, 0.2) is 0 Å². The Bertz CT molecular complexity index is 663. The van der Waals surface area contributed by atoms with E-state index in [1.807, 2.05) is 36.4 Å². The number of nitriles is 1. The van der Waals surface area contributed by atoms with Gasteiger partial charge in [0.1, 0.15) is 5.75 Å². The lowest BCUT2D eigenvalue weighted by molar-refractivity contribution is 0.407. The molecule has 108 valence electrons. The molecule has 0 radical (unpaired) electrons. The molecule has 0 aromatic heterocycles. The smallest absolute Gasteiger partial charge is 0.138 e. The first-order chi connectivity index (χ1) is 10.1. The number of nitrogens with one attached hydrogen (secondary N) is 1. The van der Waals surface area contributed by atoms with Crippen molar-refractivity contribution in [3.63, 3.8) is 0 Å². The summed E-state index contributed by atoms with van der Waals surface area (Å²) in [6.07, 6.45) is 0.437. The summed E-state index contributed by atoms with van der Waals surface area (Å²) < 4.78 is 7.34. The number of rotatable bonds is 5. The summed E-state index contributed by atoms with van der Waals surface area (Å²) in [5.74, 6) is 0.826. The van der Waals surface area contributed by atoms with Crippen LogP contribution in [0.1, 0.15) is 11.1 Å². The molecule has 2 aromatic rings. The van der Waals surface area contributed by atoms with Crippen LogP contribution in [-0.4, -0.2) is 7.11 Å². The van der Waals surface area contributed by atoms with E-state index >= 15 is 0 Å². The van der Waals surface area contributed by atoms with Crippen LogP contribution in [0.2, 0.25) is 0 Å². The average molecular weight is 410 g/mol. The third kappa shape index (κ3) is 4.23. The molecule has 0 atom stereocenters. The number of anilines is 1. The molecule has 0 amide bonds. The molecule has 1 N–H and O–H groups in total. The fourth-order valence-electron chi connectivity index (χ4n) is 2.00. The van der Waals surface area contributed by atoms with E-state index in [1.165, 1.54) is 0 Å². The lowest BCUT2D eigenvalue weighted by Gasteiger charge is -2.13. The van der Waals surface area contributed by atoms with Crippen LogP contribution < -0.4 is 10.1 Å². The standard InChI is InChI=1S/C16H14Br2N2O/c1-21-16-12(8-13(17)9-15(16)18)10-20-14-4-2-11(3-5-14)6-7-19/h2-5,8-9,20H,6,10H2,1H3. The van der Waals surface area contributed by atoms with E-state index in [0.29, 0.717) is 13.0 Å². The quantitative estimate of drug-likeness (QED) is 0.763. The molecule has 21 heavy (non-hydrogen) atoms. The lowest BCUT2D eigenvalue weighted by Crippen LogP contribution is -2.02. The van der Waals surface area contributed by atoms with Crippen molar-refractivity contribution in [1.29, 1.82) is 5.26 Å². The van der Waals surface area contributed by atoms with Gasteiger partial charge in [-0.2, -0.15) is 5.26 Å². The SMILES string of the molecule is COc1c(Br)cc(Br)cc1CNc1ccc(CC#N)cc1. The van der Waals surface area contributed by atoms with Gasteiger partial charge in [0.25, 0.3) is 0 Å². The first-order valence-electron chi connectivity index (χ1n) is 6.35. The number of benzene rings is 2. The first-order valence-corrected chi connectivity index (χ1v) is 7.94. The second-order valence-electron chi connectivity index (χ2n) is 4.47. The third-order valence-electron chi connectivity index (χ3n) is 3.01. The maximum Gasteiger partial charge on any atom is 0.138 e. The van der Waals surface area contributed by atoms with Crippen molar-refractivity contribution < 1.29 is 4.74 Å². The first kappa shape index (κ1) is 15.9. The lowest BCUT2D eigenvalue weighted by atomic mass is 10.1. The Kier molecular flexibility index (Phi) is 5.66.